The molecule has 0 bridgehead atoms. The van der Waals surface area contributed by atoms with Crippen molar-refractivity contribution in [3.63, 3.8) is 0 Å². The highest BCUT2D eigenvalue weighted by Gasteiger charge is 2.18. The number of hydrogen-bond acceptors (Lipinski definition) is 3. The van der Waals surface area contributed by atoms with Gasteiger partial charge in [-0.3, -0.25) is 4.40 Å². The van der Waals surface area contributed by atoms with Crippen LogP contribution in [0.2, 0.25) is 0 Å². The molecule has 1 N–H and O–H groups in total. The van der Waals surface area contributed by atoms with Gasteiger partial charge in [0, 0.05) is 19.3 Å². The van der Waals surface area contributed by atoms with Crippen LogP contribution in [0.15, 0.2) is 12.3 Å². The van der Waals surface area contributed by atoms with Gasteiger partial charge in [-0.1, -0.05) is 13.8 Å². The third-order valence-electron chi connectivity index (χ3n) is 3.62. The van der Waals surface area contributed by atoms with Gasteiger partial charge in [-0.25, -0.2) is 9.78 Å². The highest BCUT2D eigenvalue weighted by atomic mass is 16.4. The summed E-state index contributed by atoms with van der Waals surface area (Å²) in [6.07, 6.45) is 4.02. The molecule has 0 aliphatic heterocycles. The van der Waals surface area contributed by atoms with E-state index in [4.69, 9.17) is 0 Å². The molecule has 0 unspecified atom stereocenters. The molecule has 5 heteroatoms. The number of imidazole rings is 1. The second-order valence-electron chi connectivity index (χ2n) is 5.41. The molecule has 2 rings (SSSR count). The number of carboxylic acid groups (broad SMARTS) is 1. The maximum absolute atomic E-state index is 11.5. The summed E-state index contributed by atoms with van der Waals surface area (Å²) >= 11 is 0. The largest absolute Gasteiger partial charge is 0.477 e. The molecule has 0 saturated heterocycles. The standard InChI is InChI=1S/C16H23N3O2/c1-5-7-18(8-6-2)13-9-11(3)15-17-12(4)14(16(20)21)19(15)10-13/h9-10H,5-8H2,1-4H3,(H,20,21). The molecule has 0 aromatic carbocycles. The van der Waals surface area contributed by atoms with Gasteiger partial charge in [0.1, 0.15) is 5.65 Å². The Balaban J connectivity index is 2.61. The first-order chi connectivity index (χ1) is 9.99. The van der Waals surface area contributed by atoms with Gasteiger partial charge in [0.15, 0.2) is 5.69 Å². The SMILES string of the molecule is CCCN(CCC)c1cc(C)c2nc(C)c(C(=O)O)n2c1. The molecule has 0 aliphatic carbocycles. The van der Waals surface area contributed by atoms with E-state index in [1.807, 2.05) is 13.1 Å². The van der Waals surface area contributed by atoms with Gasteiger partial charge in [-0.2, -0.15) is 0 Å². The molecule has 5 nitrogen and oxygen atoms in total. The molecule has 2 heterocycles. The molecule has 0 radical (unpaired) electrons. The van der Waals surface area contributed by atoms with E-state index in [2.05, 4.69) is 29.8 Å². The van der Waals surface area contributed by atoms with Crippen molar-refractivity contribution in [1.82, 2.24) is 9.38 Å². The number of carboxylic acids is 1. The smallest absolute Gasteiger partial charge is 0.354 e. The molecular weight excluding hydrogens is 266 g/mol. The van der Waals surface area contributed by atoms with Crippen molar-refractivity contribution in [1.29, 1.82) is 0 Å². The monoisotopic (exact) mass is 289 g/mol. The van der Waals surface area contributed by atoms with Crippen molar-refractivity contribution in [3.8, 4) is 0 Å². The first-order valence-electron chi connectivity index (χ1n) is 7.47. The van der Waals surface area contributed by atoms with Crippen molar-refractivity contribution in [2.45, 2.75) is 40.5 Å². The topological polar surface area (TPSA) is 57.8 Å². The average molecular weight is 289 g/mol. The lowest BCUT2D eigenvalue weighted by molar-refractivity contribution is 0.0688. The number of aromatic nitrogens is 2. The second-order valence-corrected chi connectivity index (χ2v) is 5.41. The Kier molecular flexibility index (Phi) is 4.50. The van der Waals surface area contributed by atoms with E-state index in [0.717, 1.165) is 42.8 Å². The van der Waals surface area contributed by atoms with Crippen molar-refractivity contribution in [2.75, 3.05) is 18.0 Å². The molecule has 2 aromatic heterocycles. The summed E-state index contributed by atoms with van der Waals surface area (Å²) < 4.78 is 1.71. The maximum Gasteiger partial charge on any atom is 0.354 e. The zero-order valence-electron chi connectivity index (χ0n) is 13.2. The fourth-order valence-electron chi connectivity index (χ4n) is 2.75. The predicted molar refractivity (Wildman–Crippen MR) is 84.4 cm³/mol. The third kappa shape index (κ3) is 2.86. The summed E-state index contributed by atoms with van der Waals surface area (Å²) in [5.74, 6) is -0.936. The number of rotatable bonds is 6. The number of anilines is 1. The zero-order chi connectivity index (χ0) is 15.6. The van der Waals surface area contributed by atoms with E-state index in [1.54, 1.807) is 11.3 Å². The normalized spacial score (nSPS) is 11.0. The highest BCUT2D eigenvalue weighted by molar-refractivity contribution is 5.88. The summed E-state index contributed by atoms with van der Waals surface area (Å²) in [4.78, 5) is 18.2. The predicted octanol–water partition coefficient (Wildman–Crippen LogP) is 3.28. The molecule has 0 amide bonds. The lowest BCUT2D eigenvalue weighted by Gasteiger charge is -2.24. The highest BCUT2D eigenvalue weighted by Crippen LogP contribution is 2.23. The van der Waals surface area contributed by atoms with Crippen molar-refractivity contribution in [3.05, 3.63) is 29.2 Å². The van der Waals surface area contributed by atoms with Gasteiger partial charge >= 0.3 is 5.97 Å². The quantitative estimate of drug-likeness (QED) is 0.886. The van der Waals surface area contributed by atoms with Crippen LogP contribution in [0.25, 0.3) is 5.65 Å². The minimum atomic E-state index is -0.936. The van der Waals surface area contributed by atoms with E-state index < -0.39 is 5.97 Å². The van der Waals surface area contributed by atoms with Gasteiger partial charge < -0.3 is 10.0 Å². The van der Waals surface area contributed by atoms with Gasteiger partial charge in [-0.15, -0.1) is 0 Å². The molecular formula is C16H23N3O2. The Morgan fingerprint density at radius 2 is 1.90 bits per heavy atom. The Bertz CT molecular complexity index is 655. The Morgan fingerprint density at radius 3 is 2.43 bits per heavy atom. The maximum atomic E-state index is 11.5. The van der Waals surface area contributed by atoms with E-state index in [1.165, 1.54) is 0 Å². The van der Waals surface area contributed by atoms with Crippen molar-refractivity contribution < 1.29 is 9.90 Å². The van der Waals surface area contributed by atoms with Crippen LogP contribution in [0.5, 0.6) is 0 Å². The number of nitrogens with zero attached hydrogens (tertiary/aromatic N) is 3. The minimum absolute atomic E-state index is 0.253. The molecule has 114 valence electrons. The summed E-state index contributed by atoms with van der Waals surface area (Å²) in [5, 5.41) is 9.41. The van der Waals surface area contributed by atoms with E-state index in [0.29, 0.717) is 5.69 Å². The fourth-order valence-corrected chi connectivity index (χ4v) is 2.75. The van der Waals surface area contributed by atoms with Crippen LogP contribution < -0.4 is 4.90 Å². The fraction of sp³-hybridized carbons (Fsp3) is 0.500. The summed E-state index contributed by atoms with van der Waals surface area (Å²) in [6.45, 7) is 9.96. The third-order valence-corrected chi connectivity index (χ3v) is 3.62. The number of carbonyl (C=O) groups is 1. The Labute approximate surface area is 125 Å². The van der Waals surface area contributed by atoms with Crippen LogP contribution in [-0.4, -0.2) is 33.6 Å². The van der Waals surface area contributed by atoms with Crippen LogP contribution in [0.4, 0.5) is 5.69 Å². The zero-order valence-corrected chi connectivity index (χ0v) is 13.2. The van der Waals surface area contributed by atoms with Crippen LogP contribution >= 0.6 is 0 Å². The number of fused-ring (bicyclic) bond motifs is 1. The minimum Gasteiger partial charge on any atom is -0.477 e. The van der Waals surface area contributed by atoms with E-state index >= 15 is 0 Å². The van der Waals surface area contributed by atoms with Gasteiger partial charge in [0.25, 0.3) is 0 Å². The molecule has 0 fully saturated rings. The molecule has 0 spiro atoms. The van der Waals surface area contributed by atoms with Crippen LogP contribution in [0, 0.1) is 13.8 Å². The van der Waals surface area contributed by atoms with E-state index in [9.17, 15) is 9.90 Å². The summed E-state index contributed by atoms with van der Waals surface area (Å²) in [7, 11) is 0. The van der Waals surface area contributed by atoms with E-state index in [-0.39, 0.29) is 5.69 Å². The molecule has 0 aliphatic rings. The summed E-state index contributed by atoms with van der Waals surface area (Å²) in [5.41, 5.74) is 3.59. The van der Waals surface area contributed by atoms with Crippen LogP contribution in [0.3, 0.4) is 0 Å². The molecule has 21 heavy (non-hydrogen) atoms. The average Bonchev–Trinajstić information content (AvgIpc) is 2.75. The van der Waals surface area contributed by atoms with Crippen molar-refractivity contribution >= 4 is 17.3 Å². The van der Waals surface area contributed by atoms with Gasteiger partial charge in [0.05, 0.1) is 11.4 Å². The van der Waals surface area contributed by atoms with Crippen molar-refractivity contribution in [2.24, 2.45) is 0 Å². The molecule has 2 aromatic rings. The lowest BCUT2D eigenvalue weighted by Crippen LogP contribution is -2.25. The number of hydrogen-bond donors (Lipinski definition) is 1. The van der Waals surface area contributed by atoms with Gasteiger partial charge in [-0.05, 0) is 38.3 Å². The van der Waals surface area contributed by atoms with Crippen LogP contribution in [0.1, 0.15) is 48.4 Å². The second kappa shape index (κ2) is 6.16. The molecule has 0 saturated carbocycles. The van der Waals surface area contributed by atoms with Gasteiger partial charge in [0.2, 0.25) is 0 Å². The lowest BCUT2D eigenvalue weighted by atomic mass is 10.2. The number of aryl methyl sites for hydroxylation is 2. The number of aromatic carboxylic acids is 1. The summed E-state index contributed by atoms with van der Waals surface area (Å²) in [6, 6.07) is 2.10. The number of pyridine rings is 1. The first-order valence-corrected chi connectivity index (χ1v) is 7.47. The Morgan fingerprint density at radius 1 is 1.29 bits per heavy atom. The van der Waals surface area contributed by atoms with Crippen LogP contribution in [-0.2, 0) is 0 Å². The Hall–Kier alpha value is -2.04. The first kappa shape index (κ1) is 15.4. The molecule has 0 atom stereocenters.